The fourth-order valence-corrected chi connectivity index (χ4v) is 3.34. The number of rotatable bonds is 6. The molecule has 0 bridgehead atoms. The number of nitrogens with zero attached hydrogens (tertiary/aromatic N) is 2. The number of pyridine rings is 1. The minimum absolute atomic E-state index is 0.155. The number of carbonyl (C=O) groups excluding carboxylic acids is 2. The van der Waals surface area contributed by atoms with Crippen molar-refractivity contribution in [3.63, 3.8) is 0 Å². The summed E-state index contributed by atoms with van der Waals surface area (Å²) in [4.78, 5) is 30.3. The molecule has 3 amide bonds. The lowest BCUT2D eigenvalue weighted by Gasteiger charge is -2.27. The molecule has 1 aromatic carbocycles. The van der Waals surface area contributed by atoms with Gasteiger partial charge in [-0.25, -0.2) is 14.2 Å². The van der Waals surface area contributed by atoms with Gasteiger partial charge in [-0.2, -0.15) is 0 Å². The Labute approximate surface area is 163 Å². The molecular formula is C20H24FN5O2. The topological polar surface area (TPSA) is 100 Å². The number of carbonyl (C=O) groups is 2. The zero-order valence-corrected chi connectivity index (χ0v) is 15.5. The summed E-state index contributed by atoms with van der Waals surface area (Å²) in [7, 11) is 0. The second-order valence-corrected chi connectivity index (χ2v) is 6.79. The molecule has 148 valence electrons. The van der Waals surface area contributed by atoms with E-state index in [1.807, 2.05) is 6.07 Å². The Morgan fingerprint density at radius 2 is 1.89 bits per heavy atom. The molecule has 1 aliphatic heterocycles. The highest BCUT2D eigenvalue weighted by atomic mass is 19.1. The highest BCUT2D eigenvalue weighted by Crippen LogP contribution is 2.22. The Morgan fingerprint density at radius 3 is 2.54 bits per heavy atom. The highest BCUT2D eigenvalue weighted by Gasteiger charge is 2.20. The molecule has 4 N–H and O–H groups in total. The maximum atomic E-state index is 14.1. The zero-order valence-electron chi connectivity index (χ0n) is 15.5. The fourth-order valence-electron chi connectivity index (χ4n) is 3.34. The largest absolute Gasteiger partial charge is 0.357 e. The van der Waals surface area contributed by atoms with E-state index in [1.54, 1.807) is 18.3 Å². The van der Waals surface area contributed by atoms with Gasteiger partial charge in [0.2, 0.25) is 5.91 Å². The van der Waals surface area contributed by atoms with E-state index in [0.717, 1.165) is 31.7 Å². The van der Waals surface area contributed by atoms with Crippen LogP contribution in [0.15, 0.2) is 42.6 Å². The van der Waals surface area contributed by atoms with E-state index in [1.165, 1.54) is 24.6 Å². The van der Waals surface area contributed by atoms with Gasteiger partial charge in [0.05, 0.1) is 24.3 Å². The lowest BCUT2D eigenvalue weighted by atomic mass is 10.0. The summed E-state index contributed by atoms with van der Waals surface area (Å²) < 4.78 is 14.1. The minimum atomic E-state index is -0.862. The zero-order chi connectivity index (χ0) is 19.9. The number of urea groups is 1. The van der Waals surface area contributed by atoms with Crippen LogP contribution in [0.2, 0.25) is 0 Å². The molecule has 0 aliphatic carbocycles. The van der Waals surface area contributed by atoms with Crippen molar-refractivity contribution in [3.8, 4) is 0 Å². The van der Waals surface area contributed by atoms with E-state index < -0.39 is 17.9 Å². The van der Waals surface area contributed by atoms with Crippen LogP contribution in [0.3, 0.4) is 0 Å². The second kappa shape index (κ2) is 9.16. The first-order valence-corrected chi connectivity index (χ1v) is 9.34. The van der Waals surface area contributed by atoms with Gasteiger partial charge < -0.3 is 21.3 Å². The van der Waals surface area contributed by atoms with Gasteiger partial charge in [0, 0.05) is 18.7 Å². The first-order chi connectivity index (χ1) is 13.5. The van der Waals surface area contributed by atoms with Gasteiger partial charge in [-0.3, -0.25) is 4.79 Å². The van der Waals surface area contributed by atoms with Gasteiger partial charge in [-0.05, 0) is 37.5 Å². The predicted octanol–water partition coefficient (Wildman–Crippen LogP) is 2.95. The summed E-state index contributed by atoms with van der Waals surface area (Å²) in [6.07, 6.45) is 5.00. The van der Waals surface area contributed by atoms with Crippen LogP contribution in [-0.2, 0) is 4.79 Å². The van der Waals surface area contributed by atoms with Gasteiger partial charge in [-0.15, -0.1) is 0 Å². The molecule has 1 aromatic heterocycles. The van der Waals surface area contributed by atoms with Crippen molar-refractivity contribution < 1.29 is 14.0 Å². The number of benzene rings is 1. The predicted molar refractivity (Wildman–Crippen MR) is 105 cm³/mol. The Kier molecular flexibility index (Phi) is 6.41. The van der Waals surface area contributed by atoms with Crippen LogP contribution < -0.4 is 21.3 Å². The Morgan fingerprint density at radius 1 is 1.14 bits per heavy atom. The lowest BCUT2D eigenvalue weighted by Crippen LogP contribution is -2.35. The second-order valence-electron chi connectivity index (χ2n) is 6.79. The molecule has 3 rings (SSSR count). The number of hydrogen-bond donors (Lipinski definition) is 3. The number of anilines is 2. The van der Waals surface area contributed by atoms with Crippen LogP contribution >= 0.6 is 0 Å². The highest BCUT2D eigenvalue weighted by molar-refractivity contribution is 5.91. The normalized spacial score (nSPS) is 15.0. The van der Waals surface area contributed by atoms with Crippen molar-refractivity contribution in [2.45, 2.75) is 31.7 Å². The molecule has 0 unspecified atom stereocenters. The number of amides is 3. The monoisotopic (exact) mass is 385 g/mol. The van der Waals surface area contributed by atoms with Gasteiger partial charge in [0.25, 0.3) is 0 Å². The average Bonchev–Trinajstić information content (AvgIpc) is 2.69. The Bertz CT molecular complexity index is 822. The standard InChI is InChI=1S/C20H24FN5O2/c21-16-7-3-2-6-15(16)17(25-20(22)28)12-19(27)24-14-8-9-18(23-13-14)26-10-4-1-5-11-26/h2-3,6-9,13,17H,1,4-5,10-12H2,(H,24,27)(H3,22,25,28)/t17-/m1/s1. The number of aromatic nitrogens is 1. The first kappa shape index (κ1) is 19.6. The summed E-state index contributed by atoms with van der Waals surface area (Å²) in [6.45, 7) is 1.98. The summed E-state index contributed by atoms with van der Waals surface area (Å²) in [5.74, 6) is -0.00606. The number of nitrogens with two attached hydrogens (primary N) is 1. The number of piperidine rings is 1. The third-order valence-corrected chi connectivity index (χ3v) is 4.70. The number of halogens is 1. The minimum Gasteiger partial charge on any atom is -0.357 e. The molecule has 0 radical (unpaired) electrons. The van der Waals surface area contributed by atoms with E-state index in [-0.39, 0.29) is 17.9 Å². The molecule has 2 aromatic rings. The Balaban J connectivity index is 1.64. The number of hydrogen-bond acceptors (Lipinski definition) is 4. The van der Waals surface area contributed by atoms with Crippen LogP contribution in [0, 0.1) is 5.82 Å². The maximum absolute atomic E-state index is 14.1. The van der Waals surface area contributed by atoms with E-state index in [0.29, 0.717) is 5.69 Å². The maximum Gasteiger partial charge on any atom is 0.312 e. The van der Waals surface area contributed by atoms with Crippen LogP contribution in [-0.4, -0.2) is 30.0 Å². The van der Waals surface area contributed by atoms with Crippen LogP contribution in [0.1, 0.15) is 37.3 Å². The molecule has 0 saturated carbocycles. The summed E-state index contributed by atoms with van der Waals surface area (Å²) in [5, 5.41) is 5.15. The summed E-state index contributed by atoms with van der Waals surface area (Å²) >= 11 is 0. The molecule has 1 aliphatic rings. The molecule has 1 saturated heterocycles. The van der Waals surface area contributed by atoms with Crippen molar-refractivity contribution in [3.05, 3.63) is 54.0 Å². The summed E-state index contributed by atoms with van der Waals surface area (Å²) in [6, 6.07) is 7.92. The first-order valence-electron chi connectivity index (χ1n) is 9.34. The molecular weight excluding hydrogens is 361 g/mol. The average molecular weight is 385 g/mol. The van der Waals surface area contributed by atoms with Gasteiger partial charge >= 0.3 is 6.03 Å². The van der Waals surface area contributed by atoms with E-state index in [4.69, 9.17) is 5.73 Å². The van der Waals surface area contributed by atoms with Gasteiger partial charge in [0.1, 0.15) is 11.6 Å². The smallest absolute Gasteiger partial charge is 0.312 e. The van der Waals surface area contributed by atoms with E-state index >= 15 is 0 Å². The molecule has 0 spiro atoms. The quantitative estimate of drug-likeness (QED) is 0.712. The van der Waals surface area contributed by atoms with Crippen LogP contribution in [0.5, 0.6) is 0 Å². The Hall–Kier alpha value is -3.16. The number of nitrogens with one attached hydrogen (secondary N) is 2. The molecule has 1 atom stereocenters. The lowest BCUT2D eigenvalue weighted by molar-refractivity contribution is -0.116. The fraction of sp³-hybridized carbons (Fsp3) is 0.350. The van der Waals surface area contributed by atoms with E-state index in [9.17, 15) is 14.0 Å². The third kappa shape index (κ3) is 5.18. The third-order valence-electron chi connectivity index (χ3n) is 4.70. The van der Waals surface area contributed by atoms with Crippen molar-refractivity contribution in [1.29, 1.82) is 0 Å². The van der Waals surface area contributed by atoms with E-state index in [2.05, 4.69) is 20.5 Å². The van der Waals surface area contributed by atoms with Gasteiger partial charge in [-0.1, -0.05) is 18.2 Å². The molecule has 1 fully saturated rings. The van der Waals surface area contributed by atoms with Crippen molar-refractivity contribution in [2.24, 2.45) is 5.73 Å². The van der Waals surface area contributed by atoms with Crippen LogP contribution in [0.4, 0.5) is 20.7 Å². The van der Waals surface area contributed by atoms with Crippen molar-refractivity contribution >= 4 is 23.4 Å². The summed E-state index contributed by atoms with van der Waals surface area (Å²) in [5.41, 5.74) is 5.92. The van der Waals surface area contributed by atoms with Crippen LogP contribution in [0.25, 0.3) is 0 Å². The molecule has 28 heavy (non-hydrogen) atoms. The molecule has 8 heteroatoms. The van der Waals surface area contributed by atoms with Crippen molar-refractivity contribution in [1.82, 2.24) is 10.3 Å². The number of primary amides is 1. The molecule has 2 heterocycles. The van der Waals surface area contributed by atoms with Gasteiger partial charge in [0.15, 0.2) is 0 Å². The molecule has 7 nitrogen and oxygen atoms in total. The van der Waals surface area contributed by atoms with Crippen molar-refractivity contribution in [2.75, 3.05) is 23.3 Å². The SMILES string of the molecule is NC(=O)N[C@H](CC(=O)Nc1ccc(N2CCCCC2)nc1)c1ccccc1F.